The van der Waals surface area contributed by atoms with Crippen LogP contribution in [0.2, 0.25) is 0 Å². The number of nitrogens with two attached hydrogens (primary N) is 1. The fourth-order valence-corrected chi connectivity index (χ4v) is 7.24. The topological polar surface area (TPSA) is 115 Å². The molecule has 1 aromatic carbocycles. The second kappa shape index (κ2) is 14.9. The van der Waals surface area contributed by atoms with Gasteiger partial charge >= 0.3 is 5.97 Å². The van der Waals surface area contributed by atoms with Crippen molar-refractivity contribution in [3.8, 4) is 5.75 Å². The van der Waals surface area contributed by atoms with Crippen LogP contribution in [0.1, 0.15) is 56.9 Å². The number of ketones is 1. The lowest BCUT2D eigenvalue weighted by Crippen LogP contribution is -2.21. The molecule has 2 aromatic rings. The van der Waals surface area contributed by atoms with Gasteiger partial charge in [0.1, 0.15) is 23.9 Å². The summed E-state index contributed by atoms with van der Waals surface area (Å²) in [4.78, 5) is 28.2. The molecule has 0 amide bonds. The molecule has 3 unspecified atom stereocenters. The van der Waals surface area contributed by atoms with Gasteiger partial charge in [0.15, 0.2) is 0 Å². The fourth-order valence-electron chi connectivity index (χ4n) is 6.15. The Morgan fingerprint density at radius 3 is 3.00 bits per heavy atom. The minimum Gasteiger partial charge on any atom is -0.494 e. The van der Waals surface area contributed by atoms with Crippen molar-refractivity contribution in [2.24, 2.45) is 23.5 Å². The standard InChI is InChI=1S/C34H42N2O5S/c35-18-17-24-20-36-30-15-14-26(19-29(24)30)41-34(39)10-4-2-1-3-7-27-23(12-16-31(27)38)11-13-25(37)21-40-32-22-42-33-9-6-5-8-28(32)33/h1,3,5-6,8-9,14-15,19-20,22-23,25,27-28,33,36-37H,2,4,7,10-13,16-18,21,35H2/b3-1-/t23-,25?,27+,28?,33?/m0/s1. The zero-order valence-electron chi connectivity index (χ0n) is 24.1. The zero-order valence-corrected chi connectivity index (χ0v) is 24.9. The molecule has 1 aromatic heterocycles. The van der Waals surface area contributed by atoms with Crippen molar-refractivity contribution in [3.05, 3.63) is 77.6 Å². The summed E-state index contributed by atoms with van der Waals surface area (Å²) in [6.07, 6.45) is 20.3. The van der Waals surface area contributed by atoms with Crippen molar-refractivity contribution in [3.63, 3.8) is 0 Å². The number of hydrogen-bond acceptors (Lipinski definition) is 7. The largest absolute Gasteiger partial charge is 0.494 e. The molecule has 1 aliphatic heterocycles. The lowest BCUT2D eigenvalue weighted by molar-refractivity contribution is -0.134. The van der Waals surface area contributed by atoms with Crippen LogP contribution < -0.4 is 10.5 Å². The van der Waals surface area contributed by atoms with Crippen molar-refractivity contribution < 1.29 is 24.2 Å². The molecule has 2 heterocycles. The number of unbranched alkanes of at least 4 members (excludes halogenated alkanes) is 1. The molecule has 7 nitrogen and oxygen atoms in total. The maximum atomic E-state index is 12.6. The number of aromatic amines is 1. The Hall–Kier alpha value is -3.07. The summed E-state index contributed by atoms with van der Waals surface area (Å²) in [5, 5.41) is 14.1. The van der Waals surface area contributed by atoms with Gasteiger partial charge in [-0.15, -0.1) is 11.8 Å². The second-order valence-corrected chi connectivity index (χ2v) is 12.5. The highest BCUT2D eigenvalue weighted by molar-refractivity contribution is 8.03. The first-order valence-corrected chi connectivity index (χ1v) is 16.2. The third kappa shape index (κ3) is 7.85. The summed E-state index contributed by atoms with van der Waals surface area (Å²) >= 11 is 1.76. The molecule has 42 heavy (non-hydrogen) atoms. The lowest BCUT2D eigenvalue weighted by Gasteiger charge is -2.21. The van der Waals surface area contributed by atoms with Crippen LogP contribution in [0.15, 0.2) is 72.0 Å². The van der Waals surface area contributed by atoms with Crippen LogP contribution in [0.4, 0.5) is 0 Å². The van der Waals surface area contributed by atoms with E-state index in [1.165, 1.54) is 0 Å². The minimum absolute atomic E-state index is 0.0145. The Morgan fingerprint density at radius 2 is 2.12 bits per heavy atom. The first-order valence-electron chi connectivity index (χ1n) is 15.2. The number of H-pyrrole nitrogens is 1. The number of rotatable bonds is 15. The van der Waals surface area contributed by atoms with E-state index in [1.807, 2.05) is 24.4 Å². The number of carbonyl (C=O) groups is 2. The number of benzene rings is 1. The van der Waals surface area contributed by atoms with Gasteiger partial charge in [0.2, 0.25) is 0 Å². The summed E-state index contributed by atoms with van der Waals surface area (Å²) in [7, 11) is 0. The number of ether oxygens (including phenoxy) is 2. The fraction of sp³-hybridized carbons (Fsp3) is 0.471. The SMILES string of the molecule is NCCc1c[nH]c2ccc(OC(=O)CCC/C=C\C[C@H]3C(=O)CC[C@@H]3CCC(O)COC3=CSC4C=CC=CC34)cc12. The van der Waals surface area contributed by atoms with Gasteiger partial charge in [-0.25, -0.2) is 0 Å². The first kappa shape index (κ1) is 30.4. The Labute approximate surface area is 252 Å². The van der Waals surface area contributed by atoms with Gasteiger partial charge in [0, 0.05) is 46.5 Å². The van der Waals surface area contributed by atoms with E-state index in [9.17, 15) is 14.7 Å². The number of hydrogen-bond donors (Lipinski definition) is 3. The average Bonchev–Trinajstić information content (AvgIpc) is 3.70. The van der Waals surface area contributed by atoms with Gasteiger partial charge in [-0.05, 0) is 81.2 Å². The van der Waals surface area contributed by atoms with Crippen LogP contribution in [0.25, 0.3) is 10.9 Å². The van der Waals surface area contributed by atoms with Gasteiger partial charge in [-0.1, -0.05) is 36.5 Å². The van der Waals surface area contributed by atoms with Crippen molar-refractivity contribution in [2.45, 2.75) is 69.1 Å². The van der Waals surface area contributed by atoms with Crippen LogP contribution in [0.5, 0.6) is 5.75 Å². The second-order valence-electron chi connectivity index (χ2n) is 11.5. The normalized spacial score (nSPS) is 24.0. The molecule has 0 spiro atoms. The van der Waals surface area contributed by atoms with E-state index >= 15 is 0 Å². The zero-order chi connectivity index (χ0) is 29.3. The number of thioether (sulfide) groups is 1. The number of aromatic nitrogens is 1. The number of fused-ring (bicyclic) bond motifs is 2. The Kier molecular flexibility index (Phi) is 10.8. The van der Waals surface area contributed by atoms with Crippen LogP contribution >= 0.6 is 11.8 Å². The molecule has 5 rings (SSSR count). The average molecular weight is 591 g/mol. The summed E-state index contributed by atoms with van der Waals surface area (Å²) in [6.45, 7) is 0.852. The predicted molar refractivity (Wildman–Crippen MR) is 168 cm³/mol. The summed E-state index contributed by atoms with van der Waals surface area (Å²) in [6, 6.07) is 5.61. The monoisotopic (exact) mass is 590 g/mol. The Morgan fingerprint density at radius 1 is 1.24 bits per heavy atom. The molecule has 1 saturated carbocycles. The number of nitrogens with one attached hydrogen (secondary N) is 1. The smallest absolute Gasteiger partial charge is 0.311 e. The molecule has 0 bridgehead atoms. The van der Waals surface area contributed by atoms with Crippen molar-refractivity contribution >= 4 is 34.4 Å². The first-order chi connectivity index (χ1) is 20.5. The third-order valence-electron chi connectivity index (χ3n) is 8.50. The number of esters is 1. The minimum atomic E-state index is -0.539. The van der Waals surface area contributed by atoms with Crippen molar-refractivity contribution in [1.29, 1.82) is 0 Å². The number of allylic oxidation sites excluding steroid dienone is 5. The van der Waals surface area contributed by atoms with E-state index in [1.54, 1.807) is 17.8 Å². The highest BCUT2D eigenvalue weighted by Gasteiger charge is 2.34. The van der Waals surface area contributed by atoms with Gasteiger partial charge in [0.05, 0.1) is 12.0 Å². The Bertz CT molecular complexity index is 1360. The number of aliphatic hydroxyl groups excluding tert-OH is 1. The summed E-state index contributed by atoms with van der Waals surface area (Å²) in [5.41, 5.74) is 7.82. The molecule has 5 atom stereocenters. The lowest BCUT2D eigenvalue weighted by atomic mass is 9.87. The van der Waals surface area contributed by atoms with Gasteiger partial charge < -0.3 is 25.3 Å². The molecule has 0 radical (unpaired) electrons. The van der Waals surface area contributed by atoms with E-state index in [-0.39, 0.29) is 24.4 Å². The highest BCUT2D eigenvalue weighted by atomic mass is 32.2. The Balaban J connectivity index is 0.981. The molecular formula is C34H42N2O5S. The van der Waals surface area contributed by atoms with E-state index < -0.39 is 6.10 Å². The van der Waals surface area contributed by atoms with E-state index in [0.29, 0.717) is 54.9 Å². The summed E-state index contributed by atoms with van der Waals surface area (Å²) < 4.78 is 11.5. The molecule has 4 N–H and O–H groups in total. The molecular weight excluding hydrogens is 548 g/mol. The summed E-state index contributed by atoms with van der Waals surface area (Å²) in [5.74, 6) is 2.13. The van der Waals surface area contributed by atoms with Gasteiger partial charge in [-0.3, -0.25) is 9.59 Å². The number of aliphatic hydroxyl groups is 1. The quantitative estimate of drug-likeness (QED) is 0.0988. The van der Waals surface area contributed by atoms with E-state index in [0.717, 1.165) is 54.3 Å². The highest BCUT2D eigenvalue weighted by Crippen LogP contribution is 2.40. The molecule has 224 valence electrons. The molecule has 2 aliphatic carbocycles. The third-order valence-corrected chi connectivity index (χ3v) is 9.64. The van der Waals surface area contributed by atoms with Crippen LogP contribution in [-0.2, 0) is 20.7 Å². The van der Waals surface area contributed by atoms with Crippen LogP contribution in [0.3, 0.4) is 0 Å². The van der Waals surface area contributed by atoms with Gasteiger partial charge in [-0.2, -0.15) is 0 Å². The molecule has 3 aliphatic rings. The van der Waals surface area contributed by atoms with Crippen molar-refractivity contribution in [1.82, 2.24) is 4.98 Å². The number of carbonyl (C=O) groups excluding carboxylic acids is 2. The van der Waals surface area contributed by atoms with E-state index in [2.05, 4.69) is 40.8 Å². The molecule has 1 fully saturated rings. The maximum absolute atomic E-state index is 12.6. The maximum Gasteiger partial charge on any atom is 0.311 e. The van der Waals surface area contributed by atoms with Crippen LogP contribution in [0, 0.1) is 17.8 Å². The van der Waals surface area contributed by atoms with E-state index in [4.69, 9.17) is 15.2 Å². The number of Topliss-reactive ketones (excluding diaryl/α,β-unsaturated/α-hetero) is 1. The van der Waals surface area contributed by atoms with Crippen LogP contribution in [-0.4, -0.2) is 46.3 Å². The van der Waals surface area contributed by atoms with Gasteiger partial charge in [0.25, 0.3) is 0 Å². The van der Waals surface area contributed by atoms with Crippen molar-refractivity contribution in [2.75, 3.05) is 13.2 Å². The predicted octanol–water partition coefficient (Wildman–Crippen LogP) is 6.14. The molecule has 8 heteroatoms. The molecule has 0 saturated heterocycles.